The molecule has 6 rings (SSSR count). The molecule has 0 fully saturated rings. The number of carbonyl (C=O) groups excluding carboxylic acids is 4. The normalized spacial score (nSPS) is 18.4. The molecule has 324 valence electrons. The molecule has 2 aromatic carbocycles. The maximum Gasteiger partial charge on any atom is 0.306 e. The predicted molar refractivity (Wildman–Crippen MR) is 241 cm³/mol. The van der Waals surface area contributed by atoms with Gasteiger partial charge in [-0.25, -0.2) is 0 Å². The summed E-state index contributed by atoms with van der Waals surface area (Å²) in [5.41, 5.74) is 5.77. The van der Waals surface area contributed by atoms with Crippen molar-refractivity contribution in [3.05, 3.63) is 70.8 Å². The highest BCUT2D eigenvalue weighted by molar-refractivity contribution is 7.31. The third-order valence-corrected chi connectivity index (χ3v) is 14.1. The molecule has 0 aliphatic heterocycles. The Hall–Kier alpha value is -4.02. The molecule has 0 spiro atoms. The third-order valence-electron chi connectivity index (χ3n) is 11.8. The van der Waals surface area contributed by atoms with Crippen LogP contribution in [-0.2, 0) is 38.1 Å². The fourth-order valence-corrected chi connectivity index (χ4v) is 10.8. The van der Waals surface area contributed by atoms with Gasteiger partial charge in [-0.15, -0.1) is 22.7 Å². The lowest BCUT2D eigenvalue weighted by Crippen LogP contribution is -2.22. The number of ether oxygens (including phenoxy) is 4. The maximum atomic E-state index is 12.9. The van der Waals surface area contributed by atoms with Gasteiger partial charge in [0.1, 0.15) is 24.4 Å². The van der Waals surface area contributed by atoms with Crippen LogP contribution in [0, 0.1) is 0 Å². The lowest BCUT2D eigenvalue weighted by molar-refractivity contribution is -0.156. The largest absolute Gasteiger partial charge is 0.457 e. The zero-order chi connectivity index (χ0) is 42.4. The molecule has 0 amide bonds. The van der Waals surface area contributed by atoms with E-state index in [-0.39, 0.29) is 48.3 Å². The summed E-state index contributed by atoms with van der Waals surface area (Å²) in [6.45, 7) is 8.48. The Morgan fingerprint density at radius 2 is 0.733 bits per heavy atom. The smallest absolute Gasteiger partial charge is 0.306 e. The fourth-order valence-electron chi connectivity index (χ4n) is 8.39. The molecule has 2 aromatic heterocycles. The summed E-state index contributed by atoms with van der Waals surface area (Å²) >= 11 is 3.44. The van der Waals surface area contributed by atoms with Crippen LogP contribution in [-0.4, -0.2) is 23.9 Å². The van der Waals surface area contributed by atoms with Crippen molar-refractivity contribution in [2.75, 3.05) is 0 Å². The Labute approximate surface area is 364 Å². The van der Waals surface area contributed by atoms with E-state index in [4.69, 9.17) is 18.9 Å². The zero-order valence-electron chi connectivity index (χ0n) is 36.2. The monoisotopic (exact) mass is 856 g/mol. The fraction of sp³-hybridized carbons (Fsp3) is 0.560. The van der Waals surface area contributed by atoms with Gasteiger partial charge in [-0.3, -0.25) is 19.2 Å². The van der Waals surface area contributed by atoms with E-state index < -0.39 is 0 Å². The minimum atomic E-state index is -0.385. The highest BCUT2D eigenvalue weighted by atomic mass is 32.1. The second kappa shape index (κ2) is 22.7. The van der Waals surface area contributed by atoms with E-state index >= 15 is 0 Å². The van der Waals surface area contributed by atoms with Crippen molar-refractivity contribution in [2.24, 2.45) is 0 Å². The molecule has 60 heavy (non-hydrogen) atoms. The highest BCUT2D eigenvalue weighted by Crippen LogP contribution is 2.47. The van der Waals surface area contributed by atoms with E-state index in [1.807, 2.05) is 0 Å². The van der Waals surface area contributed by atoms with Crippen LogP contribution in [0.5, 0.6) is 0 Å². The van der Waals surface area contributed by atoms with Crippen LogP contribution in [0.1, 0.15) is 203 Å². The van der Waals surface area contributed by atoms with Crippen LogP contribution in [0.4, 0.5) is 0 Å². The molecule has 10 heteroatoms. The molecular weight excluding hydrogens is 793 g/mol. The Morgan fingerprint density at radius 1 is 0.433 bits per heavy atom. The Bertz CT molecular complexity index is 1890. The van der Waals surface area contributed by atoms with Crippen LogP contribution in [0.2, 0.25) is 0 Å². The molecule has 4 aromatic rings. The van der Waals surface area contributed by atoms with Gasteiger partial charge in [-0.1, -0.05) is 103 Å². The standard InChI is InChI=1S/C50H64O8S2/c1-5-9-13-17-47(51)55-39-25-27-41(57-49(53)19-15-11-7-3)37-29-33(21-23-35(37)39)43-31-45-46(59-43)32-44(60-45)34-22-24-36-38(30-34)42(58-50(54)20-16-12-8-4)28-26-40(36)56-48(52)18-14-10-6-2/h21-24,29-32,39-42H,5-20,25-28H2,1-4H3. The van der Waals surface area contributed by atoms with Crippen molar-refractivity contribution in [1.82, 2.24) is 0 Å². The number of hydrogen-bond donors (Lipinski definition) is 0. The number of benzene rings is 2. The number of rotatable bonds is 22. The highest BCUT2D eigenvalue weighted by Gasteiger charge is 2.34. The van der Waals surface area contributed by atoms with Crippen molar-refractivity contribution in [2.45, 2.75) is 181 Å². The van der Waals surface area contributed by atoms with Gasteiger partial charge >= 0.3 is 23.9 Å². The second-order valence-corrected chi connectivity index (χ2v) is 18.7. The van der Waals surface area contributed by atoms with Crippen molar-refractivity contribution < 1.29 is 38.1 Å². The van der Waals surface area contributed by atoms with Gasteiger partial charge < -0.3 is 18.9 Å². The van der Waals surface area contributed by atoms with Gasteiger partial charge in [0, 0.05) is 44.8 Å². The summed E-state index contributed by atoms with van der Waals surface area (Å²) in [5.74, 6) is -0.707. The lowest BCUT2D eigenvalue weighted by Gasteiger charge is -2.31. The van der Waals surface area contributed by atoms with Gasteiger partial charge in [-0.2, -0.15) is 0 Å². The van der Waals surface area contributed by atoms with E-state index in [9.17, 15) is 19.2 Å². The Kier molecular flexibility index (Phi) is 17.2. The maximum absolute atomic E-state index is 12.9. The number of thiophene rings is 2. The first-order valence-corrected chi connectivity index (χ1v) is 24.4. The van der Waals surface area contributed by atoms with E-state index in [2.05, 4.69) is 76.2 Å². The minimum Gasteiger partial charge on any atom is -0.457 e. The molecule has 8 nitrogen and oxygen atoms in total. The molecule has 4 unspecified atom stereocenters. The first-order valence-electron chi connectivity index (χ1n) is 22.8. The van der Waals surface area contributed by atoms with Crippen LogP contribution in [0.25, 0.3) is 30.3 Å². The number of carbonyl (C=O) groups is 4. The molecule has 0 saturated carbocycles. The van der Waals surface area contributed by atoms with Crippen molar-refractivity contribution in [1.29, 1.82) is 0 Å². The topological polar surface area (TPSA) is 105 Å². The summed E-state index contributed by atoms with van der Waals surface area (Å²) in [6, 6.07) is 17.0. The molecule has 2 heterocycles. The van der Waals surface area contributed by atoms with Gasteiger partial charge in [-0.05, 0) is 109 Å². The van der Waals surface area contributed by atoms with Gasteiger partial charge in [0.25, 0.3) is 0 Å². The van der Waals surface area contributed by atoms with Gasteiger partial charge in [0.05, 0.1) is 0 Å². The molecule has 0 bridgehead atoms. The lowest BCUT2D eigenvalue weighted by atomic mass is 9.85. The minimum absolute atomic E-state index is 0.174. The summed E-state index contributed by atoms with van der Waals surface area (Å²) in [6.07, 6.45) is 14.0. The molecule has 4 atom stereocenters. The Balaban J connectivity index is 1.24. The quantitative estimate of drug-likeness (QED) is 0.0437. The SMILES string of the molecule is CCCCCC(=O)OC1CCC(OC(=O)CCCCC)c2cc(-c3cc4sc(-c5ccc6c(c5)C(OC(=O)CCCCC)CCC6OC(=O)CCCCC)cc4s3)ccc21. The Morgan fingerprint density at radius 3 is 1.03 bits per heavy atom. The van der Waals surface area contributed by atoms with Crippen LogP contribution in [0.15, 0.2) is 48.5 Å². The number of unbranched alkanes of at least 4 members (excludes halogenated alkanes) is 8. The van der Waals surface area contributed by atoms with E-state index in [1.54, 1.807) is 22.7 Å². The molecule has 0 saturated heterocycles. The van der Waals surface area contributed by atoms with E-state index in [0.717, 1.165) is 130 Å². The van der Waals surface area contributed by atoms with E-state index in [0.29, 0.717) is 51.4 Å². The first kappa shape index (κ1) is 45.5. The number of fused-ring (bicyclic) bond motifs is 3. The van der Waals surface area contributed by atoms with Crippen molar-refractivity contribution >= 4 is 56.0 Å². The summed E-state index contributed by atoms with van der Waals surface area (Å²) in [7, 11) is 0. The van der Waals surface area contributed by atoms with Crippen LogP contribution in [0.3, 0.4) is 0 Å². The average Bonchev–Trinajstić information content (AvgIpc) is 3.83. The van der Waals surface area contributed by atoms with Crippen molar-refractivity contribution in [3.8, 4) is 20.9 Å². The number of esters is 4. The van der Waals surface area contributed by atoms with Crippen molar-refractivity contribution in [3.63, 3.8) is 0 Å². The summed E-state index contributed by atoms with van der Waals surface area (Å²) < 4.78 is 26.6. The second-order valence-electron chi connectivity index (χ2n) is 16.5. The van der Waals surface area contributed by atoms with Gasteiger partial charge in [0.2, 0.25) is 0 Å². The molecule has 0 N–H and O–H groups in total. The average molecular weight is 857 g/mol. The summed E-state index contributed by atoms with van der Waals surface area (Å²) in [5, 5.41) is 0. The molecular formula is C50H64O8S2. The molecule has 2 aliphatic rings. The molecule has 2 aliphatic carbocycles. The predicted octanol–water partition coefficient (Wildman–Crippen LogP) is 14.5. The number of hydrogen-bond acceptors (Lipinski definition) is 10. The molecule has 0 radical (unpaired) electrons. The summed E-state index contributed by atoms with van der Waals surface area (Å²) in [4.78, 5) is 53.7. The zero-order valence-corrected chi connectivity index (χ0v) is 37.8. The third kappa shape index (κ3) is 12.1. The van der Waals surface area contributed by atoms with Crippen LogP contribution < -0.4 is 0 Å². The van der Waals surface area contributed by atoms with E-state index in [1.165, 1.54) is 0 Å². The first-order chi connectivity index (χ1) is 29.2. The van der Waals surface area contributed by atoms with Crippen LogP contribution >= 0.6 is 22.7 Å². The van der Waals surface area contributed by atoms with Gasteiger partial charge in [0.15, 0.2) is 0 Å².